The quantitative estimate of drug-likeness (QED) is 0.0688. The van der Waals surface area contributed by atoms with Crippen molar-refractivity contribution in [3.8, 4) is 0 Å². The van der Waals surface area contributed by atoms with E-state index in [9.17, 15) is 47.9 Å². The Bertz CT molecular complexity index is 4820. The van der Waals surface area contributed by atoms with Crippen LogP contribution in [0.4, 0.5) is 73.9 Å². The van der Waals surface area contributed by atoms with E-state index in [2.05, 4.69) is 0 Å². The van der Waals surface area contributed by atoms with E-state index in [4.69, 9.17) is 74.5 Å². The maximum atomic E-state index is 12.6. The van der Waals surface area contributed by atoms with Crippen LogP contribution in [0.1, 0.15) is 159 Å². The molecule has 0 amide bonds. The third-order valence-electron chi connectivity index (χ3n) is 16.2. The monoisotopic (exact) mass is 1240 g/mol. The highest BCUT2D eigenvalue weighted by atomic mass is 16.2. The van der Waals surface area contributed by atoms with Crippen LogP contribution in [0, 0.1) is 0 Å². The van der Waals surface area contributed by atoms with Crippen molar-refractivity contribution < 1.29 is 47.9 Å². The number of hydrogen-bond donors (Lipinski definition) is 13. The average molecular weight is 1240 g/mol. The molecule has 10 aromatic rings. The third kappa shape index (κ3) is 9.83. The predicted molar refractivity (Wildman–Crippen MR) is 356 cm³/mol. The van der Waals surface area contributed by atoms with Crippen LogP contribution < -0.4 is 74.5 Å². The second-order valence-corrected chi connectivity index (χ2v) is 21.7. The topological polar surface area (TPSA) is 509 Å². The summed E-state index contributed by atoms with van der Waals surface area (Å²) < 4.78 is 0. The molecule has 10 aromatic carbocycles. The molecule has 0 unspecified atom stereocenters. The van der Waals surface area contributed by atoms with Gasteiger partial charge in [-0.15, -0.1) is 0 Å². The van der Waals surface area contributed by atoms with Gasteiger partial charge in [0.1, 0.15) is 0 Å². The molecule has 0 saturated heterocycles. The molecule has 23 nitrogen and oxygen atoms in total. The van der Waals surface area contributed by atoms with Gasteiger partial charge in [-0.25, -0.2) is 0 Å². The Labute approximate surface area is 527 Å². The van der Waals surface area contributed by atoms with Gasteiger partial charge in [0.25, 0.3) is 0 Å². The number of carbonyl (C=O) groups excluding carboxylic acids is 10. The van der Waals surface area contributed by atoms with Gasteiger partial charge in [-0.1, -0.05) is 84.9 Å². The number of nitrogens with two attached hydrogens (primary N) is 13. The maximum Gasteiger partial charge on any atom is 0.198 e. The highest BCUT2D eigenvalue weighted by molar-refractivity contribution is 6.37. The normalized spacial score (nSPS) is 13.1. The van der Waals surface area contributed by atoms with E-state index in [0.717, 1.165) is 0 Å². The number of fused-ring (bicyclic) bond motifs is 10. The summed E-state index contributed by atoms with van der Waals surface area (Å²) in [5, 5.41) is 0. The van der Waals surface area contributed by atoms with E-state index in [1.54, 1.807) is 127 Å². The van der Waals surface area contributed by atoms with E-state index in [1.807, 2.05) is 0 Å². The van der Waals surface area contributed by atoms with Crippen molar-refractivity contribution in [2.45, 2.75) is 0 Å². The van der Waals surface area contributed by atoms with Gasteiger partial charge in [0.2, 0.25) is 0 Å². The van der Waals surface area contributed by atoms with Crippen LogP contribution in [0.15, 0.2) is 164 Å². The van der Waals surface area contributed by atoms with Crippen molar-refractivity contribution in [1.29, 1.82) is 0 Å². The van der Waals surface area contributed by atoms with Crippen molar-refractivity contribution >= 4 is 132 Å². The number of rotatable bonds is 0. The first-order chi connectivity index (χ1) is 44.3. The number of carbonyl (C=O) groups is 10. The first kappa shape index (κ1) is 61.0. The first-order valence-corrected chi connectivity index (χ1v) is 28.0. The Morgan fingerprint density at radius 1 is 0.129 bits per heavy atom. The largest absolute Gasteiger partial charge is 0.398 e. The highest BCUT2D eigenvalue weighted by Crippen LogP contribution is 2.41. The Kier molecular flexibility index (Phi) is 15.1. The second kappa shape index (κ2) is 23.1. The van der Waals surface area contributed by atoms with Gasteiger partial charge in [-0.2, -0.15) is 0 Å². The number of nitrogen functional groups attached to an aromatic ring is 13. The minimum Gasteiger partial charge on any atom is -0.398 e. The van der Waals surface area contributed by atoms with E-state index in [1.165, 1.54) is 36.4 Å². The van der Waals surface area contributed by atoms with Crippen LogP contribution in [-0.4, -0.2) is 57.8 Å². The van der Waals surface area contributed by atoms with Crippen molar-refractivity contribution in [2.24, 2.45) is 0 Å². The molecule has 0 atom stereocenters. The maximum absolute atomic E-state index is 12.6. The molecule has 26 N–H and O–H groups in total. The molecule has 0 aliphatic heterocycles. The van der Waals surface area contributed by atoms with Crippen molar-refractivity contribution in [2.75, 3.05) is 74.5 Å². The lowest BCUT2D eigenvalue weighted by Gasteiger charge is -2.22. The summed E-state index contributed by atoms with van der Waals surface area (Å²) >= 11 is 0. The summed E-state index contributed by atoms with van der Waals surface area (Å²) in [6, 6.07) is 43.1. The van der Waals surface area contributed by atoms with Gasteiger partial charge < -0.3 is 74.5 Å². The Morgan fingerprint density at radius 2 is 0.269 bits per heavy atom. The standard InChI is InChI=1S/C14H12N4O2.C14H11N3O2.3C14H10N2O2/c15-5-1-2-6(16)10-9(5)13(19)11-7(17)3-4-8(18)12(11)14(10)20;15-7-3-1-2-6-10(7)14(19)12-9(17)5-4-8(16)11(12)13(6)18;15-9-5-1-3-7-11(9)14(18)8-4-2-6-10(16)12(8)13(7)17;15-9-5-1-3-7-11(9)14(18)12-8(13(7)17)4-2-6-10(12)16;15-9-5-6-10(16)12-11(9)13(17)7-3-1-2-4-8(7)14(12)18/h1-4H,15-18H2;1-5H,15-17H2;3*1-6H,15-16H2. The molecule has 23 heteroatoms. The fraction of sp³-hybridized carbons (Fsp3) is 0. The molecular formula is C70H53N13O10. The van der Waals surface area contributed by atoms with Crippen LogP contribution in [0.2, 0.25) is 0 Å². The lowest BCUT2D eigenvalue weighted by molar-refractivity contribution is 0.0980. The fourth-order valence-corrected chi connectivity index (χ4v) is 11.8. The average Bonchev–Trinajstić information content (AvgIpc) is 0.772. The summed E-state index contributed by atoms with van der Waals surface area (Å²) in [5.41, 5.74) is 83.5. The SMILES string of the molecule is Nc1ccc(N)c2c1C(=O)c1c(N)ccc(N)c1C2=O.Nc1ccc(N)c2c1C(=O)c1ccccc1C2=O.Nc1cccc2c1C(=O)c1c(N)ccc(N)c1C2=O.Nc1cccc2c1C(=O)c1c(N)cccc1C2=O.Nc1cccc2c1C(=O)c1cccc(N)c1C2=O. The number of hydrogen-bond acceptors (Lipinski definition) is 23. The highest BCUT2D eigenvalue weighted by Gasteiger charge is 2.39. The fourth-order valence-electron chi connectivity index (χ4n) is 11.8. The lowest BCUT2D eigenvalue weighted by Crippen LogP contribution is -2.26. The molecule has 0 bridgehead atoms. The zero-order valence-corrected chi connectivity index (χ0v) is 48.7. The molecule has 0 aromatic heterocycles. The molecular weight excluding hydrogens is 1180 g/mol. The molecule has 0 radical (unpaired) electrons. The summed E-state index contributed by atoms with van der Waals surface area (Å²) in [4.78, 5) is 124. The minimum atomic E-state index is -0.427. The predicted octanol–water partition coefficient (Wildman–Crippen LogP) is 6.88. The summed E-state index contributed by atoms with van der Waals surface area (Å²) in [7, 11) is 0. The second-order valence-electron chi connectivity index (χ2n) is 21.7. The number of ketones is 10. The lowest BCUT2D eigenvalue weighted by atomic mass is 9.81. The molecule has 0 saturated carbocycles. The molecule has 458 valence electrons. The van der Waals surface area contributed by atoms with Crippen LogP contribution in [-0.2, 0) is 0 Å². The van der Waals surface area contributed by atoms with Gasteiger partial charge in [0.15, 0.2) is 57.8 Å². The van der Waals surface area contributed by atoms with Crippen LogP contribution >= 0.6 is 0 Å². The molecule has 5 aliphatic carbocycles. The Hall–Kier alpha value is -13.7. The molecule has 0 fully saturated rings. The summed E-state index contributed by atoms with van der Waals surface area (Å²) in [6.07, 6.45) is 0. The third-order valence-corrected chi connectivity index (χ3v) is 16.2. The Balaban J connectivity index is 0.000000119. The van der Waals surface area contributed by atoms with Gasteiger partial charge in [-0.3, -0.25) is 47.9 Å². The van der Waals surface area contributed by atoms with Crippen LogP contribution in [0.25, 0.3) is 0 Å². The van der Waals surface area contributed by atoms with Gasteiger partial charge in [0, 0.05) is 113 Å². The molecule has 5 aliphatic rings. The zero-order valence-electron chi connectivity index (χ0n) is 48.7. The first-order valence-electron chi connectivity index (χ1n) is 28.0. The van der Waals surface area contributed by atoms with E-state index < -0.39 is 11.6 Å². The smallest absolute Gasteiger partial charge is 0.198 e. The Morgan fingerprint density at radius 3 is 0.505 bits per heavy atom. The number of benzene rings is 10. The zero-order chi connectivity index (χ0) is 66.9. The molecule has 15 rings (SSSR count). The number of anilines is 13. The van der Waals surface area contributed by atoms with E-state index >= 15 is 0 Å². The van der Waals surface area contributed by atoms with E-state index in [0.29, 0.717) is 56.1 Å². The van der Waals surface area contributed by atoms with E-state index in [-0.39, 0.29) is 175 Å². The van der Waals surface area contributed by atoms with Crippen LogP contribution in [0.3, 0.4) is 0 Å². The molecule has 0 spiro atoms. The van der Waals surface area contributed by atoms with Crippen molar-refractivity contribution in [3.63, 3.8) is 0 Å². The minimum absolute atomic E-state index is 0.0970. The van der Waals surface area contributed by atoms with Crippen molar-refractivity contribution in [3.05, 3.63) is 275 Å². The van der Waals surface area contributed by atoms with Gasteiger partial charge >= 0.3 is 0 Å². The van der Waals surface area contributed by atoms with Gasteiger partial charge in [-0.05, 0) is 78.9 Å². The molecule has 0 heterocycles. The van der Waals surface area contributed by atoms with Gasteiger partial charge in [0.05, 0.1) is 72.3 Å². The van der Waals surface area contributed by atoms with Crippen molar-refractivity contribution in [1.82, 2.24) is 0 Å². The van der Waals surface area contributed by atoms with Crippen LogP contribution in [0.5, 0.6) is 0 Å². The molecule has 93 heavy (non-hydrogen) atoms. The summed E-state index contributed by atoms with van der Waals surface area (Å²) in [5.74, 6) is -3.00. The summed E-state index contributed by atoms with van der Waals surface area (Å²) in [6.45, 7) is 0.